The molecule has 2 aromatic rings. The van der Waals surface area contributed by atoms with Crippen LogP contribution < -0.4 is 5.43 Å². The topological polar surface area (TPSA) is 43.8 Å². The summed E-state index contributed by atoms with van der Waals surface area (Å²) in [5.74, 6) is -0.0530. The number of carbonyl (C=O) groups excluding carboxylic acids is 1. The van der Waals surface area contributed by atoms with Crippen LogP contribution in [0, 0.1) is 12.8 Å². The van der Waals surface area contributed by atoms with Crippen LogP contribution in [0.25, 0.3) is 10.9 Å². The Bertz CT molecular complexity index is 850. The van der Waals surface area contributed by atoms with Crippen molar-refractivity contribution in [3.8, 4) is 0 Å². The van der Waals surface area contributed by atoms with Crippen molar-refractivity contribution in [2.75, 3.05) is 64.8 Å². The van der Waals surface area contributed by atoms with Gasteiger partial charge in [-0.25, -0.2) is 0 Å². The highest BCUT2D eigenvalue weighted by Crippen LogP contribution is 2.17. The summed E-state index contributed by atoms with van der Waals surface area (Å²) in [4.78, 5) is 20.1. The van der Waals surface area contributed by atoms with Gasteiger partial charge < -0.3 is 4.90 Å². The van der Waals surface area contributed by atoms with Gasteiger partial charge in [-0.2, -0.15) is 0 Å². The molecule has 2 aliphatic rings. The average Bonchev–Trinajstić information content (AvgIpc) is 3.09. The maximum Gasteiger partial charge on any atom is 0.247 e. The zero-order chi connectivity index (χ0) is 19.5. The number of benzene rings is 1. The van der Waals surface area contributed by atoms with Gasteiger partial charge in [-0.1, -0.05) is 23.8 Å². The normalized spacial score (nSPS) is 22.0. The van der Waals surface area contributed by atoms with Gasteiger partial charge in [0, 0.05) is 63.9 Å². The monoisotopic (exact) mass is 381 g/mol. The summed E-state index contributed by atoms with van der Waals surface area (Å²) in [5, 5.41) is 1.15. The van der Waals surface area contributed by atoms with Gasteiger partial charge in [-0.3, -0.25) is 24.7 Å². The van der Waals surface area contributed by atoms with Crippen LogP contribution in [-0.4, -0.2) is 84.7 Å². The van der Waals surface area contributed by atoms with E-state index in [1.54, 1.807) is 0 Å². The standard InChI is InChI=1S/C22H31N5O/c1-18-5-6-21-19(16-18)7-9-27(21)23-22(28)20-4-3-8-26(17-20)15-14-25-12-10-24(2)11-13-25/h3-7,9,16,20H,8,10-15,17H2,1-2H3,(H,23,28). The third-order valence-electron chi connectivity index (χ3n) is 5.93. The van der Waals surface area contributed by atoms with Gasteiger partial charge in [-0.05, 0) is 32.2 Å². The fourth-order valence-corrected chi connectivity index (χ4v) is 4.06. The zero-order valence-electron chi connectivity index (χ0n) is 17.0. The first-order valence-corrected chi connectivity index (χ1v) is 10.3. The number of amides is 1. The predicted octanol–water partition coefficient (Wildman–Crippen LogP) is 1.76. The van der Waals surface area contributed by atoms with Gasteiger partial charge in [0.05, 0.1) is 11.4 Å². The largest absolute Gasteiger partial charge is 0.304 e. The minimum Gasteiger partial charge on any atom is -0.304 e. The predicted molar refractivity (Wildman–Crippen MR) is 114 cm³/mol. The lowest BCUT2D eigenvalue weighted by atomic mass is 10.0. The number of rotatable bonds is 5. The van der Waals surface area contributed by atoms with Gasteiger partial charge in [0.2, 0.25) is 5.91 Å². The highest BCUT2D eigenvalue weighted by atomic mass is 16.2. The molecule has 6 heteroatoms. The zero-order valence-corrected chi connectivity index (χ0v) is 17.0. The van der Waals surface area contributed by atoms with Crippen LogP contribution >= 0.6 is 0 Å². The molecule has 1 unspecified atom stereocenters. The Morgan fingerprint density at radius 1 is 1.11 bits per heavy atom. The minimum absolute atomic E-state index is 0.0543. The Kier molecular flexibility index (Phi) is 5.80. The molecule has 150 valence electrons. The number of carbonyl (C=O) groups is 1. The molecule has 0 aliphatic carbocycles. The molecule has 4 rings (SSSR count). The van der Waals surface area contributed by atoms with E-state index in [1.807, 2.05) is 16.9 Å². The minimum atomic E-state index is -0.107. The summed E-state index contributed by atoms with van der Waals surface area (Å²) < 4.78 is 1.84. The van der Waals surface area contributed by atoms with Crippen molar-refractivity contribution < 1.29 is 4.79 Å². The first-order chi connectivity index (χ1) is 13.6. The second kappa shape index (κ2) is 8.47. The number of hydrogen-bond acceptors (Lipinski definition) is 4. The van der Waals surface area contributed by atoms with Crippen molar-refractivity contribution in [2.24, 2.45) is 5.92 Å². The highest BCUT2D eigenvalue weighted by Gasteiger charge is 2.23. The number of hydrogen-bond donors (Lipinski definition) is 1. The molecule has 6 nitrogen and oxygen atoms in total. The van der Waals surface area contributed by atoms with Crippen LogP contribution in [0.15, 0.2) is 42.6 Å². The van der Waals surface area contributed by atoms with E-state index in [9.17, 15) is 4.79 Å². The molecule has 1 saturated heterocycles. The van der Waals surface area contributed by atoms with Crippen molar-refractivity contribution in [1.82, 2.24) is 19.4 Å². The third-order valence-corrected chi connectivity index (χ3v) is 5.93. The molecule has 1 aromatic carbocycles. The van der Waals surface area contributed by atoms with Crippen LogP contribution in [-0.2, 0) is 4.79 Å². The molecule has 1 fully saturated rings. The van der Waals surface area contributed by atoms with Gasteiger partial charge in [0.25, 0.3) is 0 Å². The Morgan fingerprint density at radius 3 is 2.71 bits per heavy atom. The van der Waals surface area contributed by atoms with E-state index in [1.165, 1.54) is 5.56 Å². The Hall–Kier alpha value is -2.15. The van der Waals surface area contributed by atoms with E-state index in [2.05, 4.69) is 64.4 Å². The number of likely N-dealkylation sites (N-methyl/N-ethyl adjacent to an activating group) is 1. The lowest BCUT2D eigenvalue weighted by Crippen LogP contribution is -2.48. The van der Waals surface area contributed by atoms with Gasteiger partial charge in [0.1, 0.15) is 0 Å². The molecule has 3 heterocycles. The summed E-state index contributed by atoms with van der Waals surface area (Å²) in [6.45, 7) is 10.5. The second-order valence-corrected chi connectivity index (χ2v) is 8.16. The summed E-state index contributed by atoms with van der Waals surface area (Å²) in [6, 6.07) is 8.32. The number of aryl methyl sites for hydroxylation is 1. The second-order valence-electron chi connectivity index (χ2n) is 8.16. The summed E-state index contributed by atoms with van der Waals surface area (Å²) in [7, 11) is 2.19. The molecule has 0 bridgehead atoms. The van der Waals surface area contributed by atoms with E-state index < -0.39 is 0 Å². The van der Waals surface area contributed by atoms with E-state index in [0.29, 0.717) is 0 Å². The molecule has 0 spiro atoms. The highest BCUT2D eigenvalue weighted by molar-refractivity contribution is 5.90. The number of piperazine rings is 1. The van der Waals surface area contributed by atoms with E-state index in [-0.39, 0.29) is 11.8 Å². The number of nitrogens with one attached hydrogen (secondary N) is 1. The van der Waals surface area contributed by atoms with Crippen molar-refractivity contribution in [2.45, 2.75) is 6.92 Å². The molecule has 0 saturated carbocycles. The van der Waals surface area contributed by atoms with Crippen molar-refractivity contribution in [1.29, 1.82) is 0 Å². The van der Waals surface area contributed by atoms with E-state index in [4.69, 9.17) is 0 Å². The average molecular weight is 382 g/mol. The van der Waals surface area contributed by atoms with Gasteiger partial charge in [-0.15, -0.1) is 0 Å². The maximum atomic E-state index is 12.8. The lowest BCUT2D eigenvalue weighted by Gasteiger charge is -2.35. The molecule has 0 radical (unpaired) electrons. The van der Waals surface area contributed by atoms with Crippen LogP contribution in [0.2, 0.25) is 0 Å². The first kappa shape index (κ1) is 19.2. The van der Waals surface area contributed by atoms with Crippen LogP contribution in [0.4, 0.5) is 0 Å². The fraction of sp³-hybridized carbons (Fsp3) is 0.500. The molecular formula is C22H31N5O. The lowest BCUT2D eigenvalue weighted by molar-refractivity contribution is -0.120. The molecule has 1 atom stereocenters. The summed E-state index contributed by atoms with van der Waals surface area (Å²) >= 11 is 0. The molecule has 28 heavy (non-hydrogen) atoms. The van der Waals surface area contributed by atoms with Crippen molar-refractivity contribution in [3.63, 3.8) is 0 Å². The Morgan fingerprint density at radius 2 is 1.89 bits per heavy atom. The van der Waals surface area contributed by atoms with E-state index in [0.717, 1.165) is 63.3 Å². The van der Waals surface area contributed by atoms with Crippen LogP contribution in [0.5, 0.6) is 0 Å². The maximum absolute atomic E-state index is 12.8. The number of fused-ring (bicyclic) bond motifs is 1. The fourth-order valence-electron chi connectivity index (χ4n) is 4.06. The summed E-state index contributed by atoms with van der Waals surface area (Å²) in [6.07, 6.45) is 6.12. The molecular weight excluding hydrogens is 350 g/mol. The quantitative estimate of drug-likeness (QED) is 0.802. The van der Waals surface area contributed by atoms with Crippen molar-refractivity contribution in [3.05, 3.63) is 48.2 Å². The molecule has 1 N–H and O–H groups in total. The Labute approximate surface area is 167 Å². The molecule has 1 amide bonds. The Balaban J connectivity index is 1.31. The number of aromatic nitrogens is 1. The van der Waals surface area contributed by atoms with Crippen LogP contribution in [0.1, 0.15) is 5.56 Å². The van der Waals surface area contributed by atoms with Gasteiger partial charge in [0.15, 0.2) is 0 Å². The van der Waals surface area contributed by atoms with Crippen LogP contribution in [0.3, 0.4) is 0 Å². The van der Waals surface area contributed by atoms with Gasteiger partial charge >= 0.3 is 0 Å². The molecule has 1 aromatic heterocycles. The summed E-state index contributed by atoms with van der Waals surface area (Å²) in [5.41, 5.74) is 5.33. The smallest absolute Gasteiger partial charge is 0.247 e. The SMILES string of the molecule is Cc1ccc2c(ccn2NC(=O)C2C=CCN(CCN3CCN(C)CC3)C2)c1. The first-order valence-electron chi connectivity index (χ1n) is 10.3. The number of nitrogens with zero attached hydrogens (tertiary/aromatic N) is 4. The third kappa shape index (κ3) is 4.46. The molecule has 2 aliphatic heterocycles. The van der Waals surface area contributed by atoms with E-state index >= 15 is 0 Å². The van der Waals surface area contributed by atoms with Crippen molar-refractivity contribution >= 4 is 16.8 Å².